The highest BCUT2D eigenvalue weighted by Gasteiger charge is 2.01. The summed E-state index contributed by atoms with van der Waals surface area (Å²) in [6, 6.07) is 1.96. The maximum atomic E-state index is 8.52. The fourth-order valence-corrected chi connectivity index (χ4v) is 1.41. The number of nitrogens with zero attached hydrogens (tertiary/aromatic N) is 4. The lowest BCUT2D eigenvalue weighted by molar-refractivity contribution is 1.17. The molecule has 2 aromatic heterocycles. The van der Waals surface area contributed by atoms with Crippen molar-refractivity contribution in [2.24, 2.45) is 0 Å². The Kier molecular flexibility index (Phi) is 1.98. The molecular weight excluding hydrogens is 184 g/mol. The van der Waals surface area contributed by atoms with Crippen LogP contribution in [0.15, 0.2) is 24.1 Å². The van der Waals surface area contributed by atoms with Gasteiger partial charge in [-0.05, 0) is 0 Å². The first-order valence-electron chi connectivity index (χ1n) is 3.51. The fourth-order valence-electron chi connectivity index (χ4n) is 0.839. The summed E-state index contributed by atoms with van der Waals surface area (Å²) in [5.74, 6) is 0.613. The number of hydrogen-bond acceptors (Lipinski definition) is 5. The average Bonchev–Trinajstić information content (AvgIpc) is 2.71. The molecule has 0 fully saturated rings. The SMILES string of the molecule is N#Cc1cnc(-c2cncs2)nc1. The van der Waals surface area contributed by atoms with E-state index in [1.807, 2.05) is 6.07 Å². The summed E-state index contributed by atoms with van der Waals surface area (Å²) in [7, 11) is 0. The second kappa shape index (κ2) is 3.29. The van der Waals surface area contributed by atoms with E-state index in [9.17, 15) is 0 Å². The van der Waals surface area contributed by atoms with E-state index in [0.717, 1.165) is 4.88 Å². The van der Waals surface area contributed by atoms with E-state index in [-0.39, 0.29) is 0 Å². The molecule has 0 unspecified atom stereocenters. The Labute approximate surface area is 78.5 Å². The third-order valence-corrected chi connectivity index (χ3v) is 2.20. The Morgan fingerprint density at radius 3 is 2.54 bits per heavy atom. The van der Waals surface area contributed by atoms with E-state index >= 15 is 0 Å². The normalized spacial score (nSPS) is 9.46. The van der Waals surface area contributed by atoms with E-state index in [0.29, 0.717) is 11.4 Å². The summed E-state index contributed by atoms with van der Waals surface area (Å²) in [5, 5.41) is 8.52. The van der Waals surface area contributed by atoms with Gasteiger partial charge in [0, 0.05) is 18.6 Å². The van der Waals surface area contributed by atoms with Gasteiger partial charge in [0.2, 0.25) is 0 Å². The minimum absolute atomic E-state index is 0.466. The molecule has 0 aliphatic rings. The van der Waals surface area contributed by atoms with Gasteiger partial charge >= 0.3 is 0 Å². The molecule has 4 nitrogen and oxygen atoms in total. The number of hydrogen-bond donors (Lipinski definition) is 0. The molecule has 0 aliphatic heterocycles. The predicted octanol–water partition coefficient (Wildman–Crippen LogP) is 1.47. The Bertz CT molecular complexity index is 426. The maximum Gasteiger partial charge on any atom is 0.171 e. The van der Waals surface area contributed by atoms with E-state index in [1.165, 1.54) is 23.7 Å². The van der Waals surface area contributed by atoms with E-state index in [4.69, 9.17) is 5.26 Å². The zero-order valence-corrected chi connectivity index (χ0v) is 7.32. The second-order valence-electron chi connectivity index (χ2n) is 2.27. The Balaban J connectivity index is 2.40. The molecule has 2 aromatic rings. The Morgan fingerprint density at radius 1 is 1.23 bits per heavy atom. The standard InChI is InChI=1S/C8H4N4S/c9-1-6-2-11-8(12-3-6)7-4-10-5-13-7/h2-5H. The maximum absolute atomic E-state index is 8.52. The van der Waals surface area contributed by atoms with E-state index < -0.39 is 0 Å². The van der Waals surface area contributed by atoms with Crippen LogP contribution in [0.25, 0.3) is 10.7 Å². The molecule has 0 saturated carbocycles. The van der Waals surface area contributed by atoms with Crippen LogP contribution in [-0.4, -0.2) is 15.0 Å². The molecule has 62 valence electrons. The van der Waals surface area contributed by atoms with Crippen LogP contribution in [0.5, 0.6) is 0 Å². The molecule has 0 aliphatic carbocycles. The minimum atomic E-state index is 0.466. The molecule has 0 atom stereocenters. The number of rotatable bonds is 1. The summed E-state index contributed by atoms with van der Waals surface area (Å²) >= 11 is 1.47. The van der Waals surface area contributed by atoms with Gasteiger partial charge in [-0.1, -0.05) is 0 Å². The molecule has 0 radical (unpaired) electrons. The Morgan fingerprint density at radius 2 is 2.00 bits per heavy atom. The Hall–Kier alpha value is -1.80. The lowest BCUT2D eigenvalue weighted by Gasteiger charge is -1.92. The summed E-state index contributed by atoms with van der Waals surface area (Å²) in [5.41, 5.74) is 2.19. The van der Waals surface area contributed by atoms with Crippen molar-refractivity contribution in [1.82, 2.24) is 15.0 Å². The van der Waals surface area contributed by atoms with Crippen LogP contribution >= 0.6 is 11.3 Å². The lowest BCUT2D eigenvalue weighted by atomic mass is 10.4. The van der Waals surface area contributed by atoms with Gasteiger partial charge in [-0.3, -0.25) is 4.98 Å². The van der Waals surface area contributed by atoms with Gasteiger partial charge in [-0.25, -0.2) is 9.97 Å². The van der Waals surface area contributed by atoms with Crippen molar-refractivity contribution in [2.45, 2.75) is 0 Å². The van der Waals surface area contributed by atoms with Crippen molar-refractivity contribution < 1.29 is 0 Å². The van der Waals surface area contributed by atoms with Gasteiger partial charge in [0.05, 0.1) is 16.0 Å². The fraction of sp³-hybridized carbons (Fsp3) is 0. The largest absolute Gasteiger partial charge is 0.252 e. The smallest absolute Gasteiger partial charge is 0.171 e. The molecule has 0 bridgehead atoms. The predicted molar refractivity (Wildman–Crippen MR) is 47.9 cm³/mol. The van der Waals surface area contributed by atoms with Crippen LogP contribution in [0.2, 0.25) is 0 Å². The van der Waals surface area contributed by atoms with Crippen LogP contribution < -0.4 is 0 Å². The average molecular weight is 188 g/mol. The number of aromatic nitrogens is 3. The highest BCUT2D eigenvalue weighted by atomic mass is 32.1. The molecule has 2 heterocycles. The first-order chi connectivity index (χ1) is 6.40. The number of nitriles is 1. The molecule has 5 heteroatoms. The molecule has 0 aromatic carbocycles. The molecule has 0 saturated heterocycles. The first kappa shape index (κ1) is 7.83. The van der Waals surface area contributed by atoms with Gasteiger partial charge in [0.1, 0.15) is 6.07 Å². The third kappa shape index (κ3) is 1.53. The topological polar surface area (TPSA) is 62.5 Å². The van der Waals surface area contributed by atoms with Crippen LogP contribution in [0.1, 0.15) is 5.56 Å². The first-order valence-corrected chi connectivity index (χ1v) is 4.39. The molecule has 0 amide bonds. The van der Waals surface area contributed by atoms with E-state index in [2.05, 4.69) is 15.0 Å². The monoisotopic (exact) mass is 188 g/mol. The number of thiazole rings is 1. The van der Waals surface area contributed by atoms with Crippen LogP contribution in [0.4, 0.5) is 0 Å². The lowest BCUT2D eigenvalue weighted by Crippen LogP contribution is -1.86. The summed E-state index contributed by atoms with van der Waals surface area (Å²) < 4.78 is 0. The van der Waals surface area contributed by atoms with Crippen molar-refractivity contribution in [2.75, 3.05) is 0 Å². The van der Waals surface area contributed by atoms with Crippen molar-refractivity contribution in [3.05, 3.63) is 29.7 Å². The molecule has 2 rings (SSSR count). The van der Waals surface area contributed by atoms with Crippen molar-refractivity contribution in [3.8, 4) is 16.8 Å². The summed E-state index contributed by atoms with van der Waals surface area (Å²) in [6.45, 7) is 0. The zero-order chi connectivity index (χ0) is 9.10. The van der Waals surface area contributed by atoms with Gasteiger partial charge in [0.25, 0.3) is 0 Å². The van der Waals surface area contributed by atoms with Crippen molar-refractivity contribution in [3.63, 3.8) is 0 Å². The van der Waals surface area contributed by atoms with Crippen LogP contribution in [0, 0.1) is 11.3 Å². The highest BCUT2D eigenvalue weighted by molar-refractivity contribution is 7.13. The molecule has 13 heavy (non-hydrogen) atoms. The van der Waals surface area contributed by atoms with E-state index in [1.54, 1.807) is 11.7 Å². The summed E-state index contributed by atoms with van der Waals surface area (Å²) in [6.07, 6.45) is 4.70. The van der Waals surface area contributed by atoms with Crippen LogP contribution in [-0.2, 0) is 0 Å². The highest BCUT2D eigenvalue weighted by Crippen LogP contribution is 2.17. The van der Waals surface area contributed by atoms with Crippen molar-refractivity contribution in [1.29, 1.82) is 5.26 Å². The van der Waals surface area contributed by atoms with Crippen LogP contribution in [0.3, 0.4) is 0 Å². The molecule has 0 N–H and O–H groups in total. The zero-order valence-electron chi connectivity index (χ0n) is 6.51. The quantitative estimate of drug-likeness (QED) is 0.679. The van der Waals surface area contributed by atoms with Gasteiger partial charge in [-0.2, -0.15) is 5.26 Å². The molecular formula is C8H4N4S. The van der Waals surface area contributed by atoms with Gasteiger partial charge in [0.15, 0.2) is 5.82 Å². The summed E-state index contributed by atoms with van der Waals surface area (Å²) in [4.78, 5) is 12.9. The van der Waals surface area contributed by atoms with Gasteiger partial charge in [-0.15, -0.1) is 11.3 Å². The van der Waals surface area contributed by atoms with Gasteiger partial charge < -0.3 is 0 Å². The van der Waals surface area contributed by atoms with Crippen molar-refractivity contribution >= 4 is 11.3 Å². The molecule has 0 spiro atoms. The third-order valence-electron chi connectivity index (χ3n) is 1.43. The second-order valence-corrected chi connectivity index (χ2v) is 3.16. The minimum Gasteiger partial charge on any atom is -0.252 e.